The molecule has 3 aromatic rings. The number of benzene rings is 2. The Balaban J connectivity index is 1.41. The van der Waals surface area contributed by atoms with Gasteiger partial charge in [-0.05, 0) is 30.4 Å². The van der Waals surface area contributed by atoms with Crippen LogP contribution >= 0.6 is 35.2 Å². The Hall–Kier alpha value is -2.95. The van der Waals surface area contributed by atoms with Gasteiger partial charge in [-0.25, -0.2) is 0 Å². The van der Waals surface area contributed by atoms with Gasteiger partial charge in [-0.1, -0.05) is 17.7 Å². The van der Waals surface area contributed by atoms with Crippen molar-refractivity contribution >= 4 is 67.6 Å². The first-order chi connectivity index (χ1) is 15.4. The van der Waals surface area contributed by atoms with Gasteiger partial charge in [0.2, 0.25) is 0 Å². The maximum absolute atomic E-state index is 13.1. The molecular formula is C21H19ClN4O4S2. The lowest BCUT2D eigenvalue weighted by atomic mass is 10.2. The number of thiophene rings is 1. The average molecular weight is 491 g/mol. The fourth-order valence-electron chi connectivity index (χ4n) is 3.46. The number of fused-ring (bicyclic) bond motifs is 1. The molecule has 1 N–H and O–H groups in total. The molecule has 1 aromatic heterocycles. The summed E-state index contributed by atoms with van der Waals surface area (Å²) < 4.78 is 5.85. The number of piperazine rings is 1. The van der Waals surface area contributed by atoms with Crippen LogP contribution in [0.4, 0.5) is 11.4 Å². The molecule has 0 unspecified atom stereocenters. The van der Waals surface area contributed by atoms with Gasteiger partial charge in [0, 0.05) is 60.2 Å². The monoisotopic (exact) mass is 490 g/mol. The molecule has 166 valence electrons. The quantitative estimate of drug-likeness (QED) is 0.324. The third-order valence-electron chi connectivity index (χ3n) is 5.19. The number of carbonyl (C=O) groups excluding carboxylic acids is 1. The first-order valence-corrected chi connectivity index (χ1v) is 11.3. The van der Waals surface area contributed by atoms with Crippen LogP contribution in [0.3, 0.4) is 0 Å². The number of anilines is 1. The highest BCUT2D eigenvalue weighted by molar-refractivity contribution is 7.80. The molecule has 4 rings (SSSR count). The summed E-state index contributed by atoms with van der Waals surface area (Å²) in [5, 5.41) is 15.8. The summed E-state index contributed by atoms with van der Waals surface area (Å²) >= 11 is 13.1. The SMILES string of the molecule is COc1cccc(NC(=S)N2CCN(C(=O)c3sc4cc([N+](=O)[O-])ccc4c3Cl)CC2)c1. The lowest BCUT2D eigenvalue weighted by Gasteiger charge is -2.36. The van der Waals surface area contributed by atoms with Crippen LogP contribution in [0.1, 0.15) is 9.67 Å². The number of nitrogens with zero attached hydrogens (tertiary/aromatic N) is 3. The minimum Gasteiger partial charge on any atom is -0.497 e. The van der Waals surface area contributed by atoms with Gasteiger partial charge >= 0.3 is 0 Å². The number of rotatable bonds is 4. The number of nitrogens with one attached hydrogen (secondary N) is 1. The minimum atomic E-state index is -0.462. The van der Waals surface area contributed by atoms with Crippen molar-refractivity contribution in [2.24, 2.45) is 0 Å². The highest BCUT2D eigenvalue weighted by atomic mass is 35.5. The number of ether oxygens (including phenoxy) is 1. The maximum Gasteiger partial charge on any atom is 0.270 e. The largest absolute Gasteiger partial charge is 0.497 e. The van der Waals surface area contributed by atoms with E-state index in [1.165, 1.54) is 23.5 Å². The summed E-state index contributed by atoms with van der Waals surface area (Å²) in [5.41, 5.74) is 0.805. The lowest BCUT2D eigenvalue weighted by molar-refractivity contribution is -0.384. The van der Waals surface area contributed by atoms with Crippen molar-refractivity contribution in [2.45, 2.75) is 0 Å². The van der Waals surface area contributed by atoms with Crippen LogP contribution in [0.25, 0.3) is 10.1 Å². The van der Waals surface area contributed by atoms with E-state index < -0.39 is 4.92 Å². The molecule has 32 heavy (non-hydrogen) atoms. The van der Waals surface area contributed by atoms with E-state index in [2.05, 4.69) is 5.32 Å². The molecule has 0 bridgehead atoms. The first kappa shape index (κ1) is 22.3. The molecule has 2 heterocycles. The van der Waals surface area contributed by atoms with E-state index in [9.17, 15) is 14.9 Å². The summed E-state index contributed by atoms with van der Waals surface area (Å²) in [5.74, 6) is 0.559. The smallest absolute Gasteiger partial charge is 0.270 e. The van der Waals surface area contributed by atoms with E-state index in [0.29, 0.717) is 51.3 Å². The molecule has 1 fully saturated rings. The molecule has 11 heteroatoms. The summed E-state index contributed by atoms with van der Waals surface area (Å²) in [4.78, 5) is 27.8. The number of thiocarbonyl (C=S) groups is 1. The molecular weight excluding hydrogens is 472 g/mol. The van der Waals surface area contributed by atoms with Gasteiger partial charge < -0.3 is 19.9 Å². The van der Waals surface area contributed by atoms with E-state index >= 15 is 0 Å². The Bertz CT molecular complexity index is 1210. The van der Waals surface area contributed by atoms with Crippen molar-refractivity contribution in [3.8, 4) is 5.75 Å². The van der Waals surface area contributed by atoms with Crippen molar-refractivity contribution in [1.82, 2.24) is 9.80 Å². The maximum atomic E-state index is 13.1. The second-order valence-electron chi connectivity index (χ2n) is 7.12. The Morgan fingerprint density at radius 1 is 1.19 bits per heavy atom. The van der Waals surface area contributed by atoms with E-state index in [1.807, 2.05) is 29.2 Å². The molecule has 1 amide bonds. The molecule has 0 spiro atoms. The molecule has 1 saturated heterocycles. The lowest BCUT2D eigenvalue weighted by Crippen LogP contribution is -2.51. The number of halogens is 1. The molecule has 2 aromatic carbocycles. The van der Waals surface area contributed by atoms with Crippen molar-refractivity contribution in [2.75, 3.05) is 38.6 Å². The van der Waals surface area contributed by atoms with Crippen LogP contribution in [0.15, 0.2) is 42.5 Å². The number of amides is 1. The highest BCUT2D eigenvalue weighted by Crippen LogP contribution is 2.38. The van der Waals surface area contributed by atoms with Crippen molar-refractivity contribution < 1.29 is 14.5 Å². The number of carbonyl (C=O) groups is 1. The second-order valence-corrected chi connectivity index (χ2v) is 8.94. The van der Waals surface area contributed by atoms with Gasteiger partial charge in [0.15, 0.2) is 5.11 Å². The van der Waals surface area contributed by atoms with Crippen LogP contribution in [0.5, 0.6) is 5.75 Å². The number of hydrogen-bond acceptors (Lipinski definition) is 6. The Labute approximate surface area is 198 Å². The van der Waals surface area contributed by atoms with Crippen LogP contribution in [0.2, 0.25) is 5.02 Å². The third kappa shape index (κ3) is 4.47. The number of hydrogen-bond donors (Lipinski definition) is 1. The van der Waals surface area contributed by atoms with Crippen LogP contribution in [-0.2, 0) is 0 Å². The second kappa shape index (κ2) is 9.27. The Kier molecular flexibility index (Phi) is 6.45. The predicted molar refractivity (Wildman–Crippen MR) is 130 cm³/mol. The molecule has 0 atom stereocenters. The number of non-ortho nitro benzene ring substituents is 1. The van der Waals surface area contributed by atoms with Crippen LogP contribution in [-0.4, -0.2) is 59.0 Å². The molecule has 1 aliphatic heterocycles. The van der Waals surface area contributed by atoms with Crippen molar-refractivity contribution in [3.05, 3.63) is 62.5 Å². The predicted octanol–water partition coefficient (Wildman–Crippen LogP) is 4.63. The highest BCUT2D eigenvalue weighted by Gasteiger charge is 2.27. The van der Waals surface area contributed by atoms with Gasteiger partial charge in [-0.15, -0.1) is 11.3 Å². The fraction of sp³-hybridized carbons (Fsp3) is 0.238. The Morgan fingerprint density at radius 3 is 2.59 bits per heavy atom. The average Bonchev–Trinajstić information content (AvgIpc) is 3.14. The normalized spacial score (nSPS) is 13.8. The first-order valence-electron chi connectivity index (χ1n) is 9.73. The summed E-state index contributed by atoms with van der Waals surface area (Å²) in [7, 11) is 1.61. The fourth-order valence-corrected chi connectivity index (χ4v) is 5.28. The number of nitro benzene ring substituents is 1. The Morgan fingerprint density at radius 2 is 1.91 bits per heavy atom. The summed E-state index contributed by atoms with van der Waals surface area (Å²) in [6.45, 7) is 2.14. The number of nitro groups is 1. The van der Waals surface area contributed by atoms with E-state index in [-0.39, 0.29) is 11.6 Å². The van der Waals surface area contributed by atoms with Crippen molar-refractivity contribution in [3.63, 3.8) is 0 Å². The van der Waals surface area contributed by atoms with Crippen LogP contribution < -0.4 is 10.1 Å². The zero-order valence-corrected chi connectivity index (χ0v) is 19.4. The molecule has 1 aliphatic rings. The van der Waals surface area contributed by atoms with E-state index in [0.717, 1.165) is 11.4 Å². The third-order valence-corrected chi connectivity index (χ3v) is 7.20. The van der Waals surface area contributed by atoms with E-state index in [4.69, 9.17) is 28.6 Å². The molecule has 0 saturated carbocycles. The zero-order valence-electron chi connectivity index (χ0n) is 17.0. The van der Waals surface area contributed by atoms with Gasteiger partial charge in [-0.3, -0.25) is 14.9 Å². The number of methoxy groups -OCH3 is 1. The van der Waals surface area contributed by atoms with Gasteiger partial charge in [0.25, 0.3) is 11.6 Å². The summed E-state index contributed by atoms with van der Waals surface area (Å²) in [6.07, 6.45) is 0. The van der Waals surface area contributed by atoms with Gasteiger partial charge in [-0.2, -0.15) is 0 Å². The molecule has 8 nitrogen and oxygen atoms in total. The topological polar surface area (TPSA) is 88.0 Å². The van der Waals surface area contributed by atoms with Gasteiger partial charge in [0.1, 0.15) is 10.6 Å². The standard InChI is InChI=1S/C21H19ClN4O4S2/c1-30-15-4-2-3-13(11-15)23-21(31)25-9-7-24(8-10-25)20(27)19-18(22)16-6-5-14(26(28)29)12-17(16)32-19/h2-6,11-12H,7-10H2,1H3,(H,23,31). The minimum absolute atomic E-state index is 0.0277. The van der Waals surface area contributed by atoms with E-state index in [1.54, 1.807) is 18.1 Å². The summed E-state index contributed by atoms with van der Waals surface area (Å²) in [6, 6.07) is 11.9. The molecule has 0 aliphatic carbocycles. The van der Waals surface area contributed by atoms with Gasteiger partial charge in [0.05, 0.1) is 17.1 Å². The zero-order chi connectivity index (χ0) is 22.8. The van der Waals surface area contributed by atoms with Crippen LogP contribution in [0, 0.1) is 10.1 Å². The molecule has 0 radical (unpaired) electrons. The van der Waals surface area contributed by atoms with Crippen molar-refractivity contribution in [1.29, 1.82) is 0 Å².